The molecule has 0 saturated carbocycles. The fourth-order valence-electron chi connectivity index (χ4n) is 1.50. The first-order valence-corrected chi connectivity index (χ1v) is 8.13. The van der Waals surface area contributed by atoms with Gasteiger partial charge in [0.25, 0.3) is 0 Å². The van der Waals surface area contributed by atoms with Crippen LogP contribution in [0.25, 0.3) is 0 Å². The second-order valence-electron chi connectivity index (χ2n) is 5.07. The molecule has 112 valence electrons. The molecule has 0 heterocycles. The summed E-state index contributed by atoms with van der Waals surface area (Å²) in [5, 5.41) is 0. The first kappa shape index (κ1) is 17.0. The number of rotatable bonds is 7. The lowest BCUT2D eigenvalue weighted by atomic mass is 10.1. The van der Waals surface area contributed by atoms with Crippen LogP contribution in [0.1, 0.15) is 25.0 Å². The first-order valence-electron chi connectivity index (χ1n) is 6.07. The molecular formula is C13H20N2O3S2. The number of hydrogen-bond acceptors (Lipinski definition) is 4. The van der Waals surface area contributed by atoms with Gasteiger partial charge in [-0.05, 0) is 19.4 Å². The van der Waals surface area contributed by atoms with E-state index in [2.05, 4.69) is 4.72 Å². The van der Waals surface area contributed by atoms with E-state index in [1.54, 1.807) is 38.1 Å². The van der Waals surface area contributed by atoms with Crippen molar-refractivity contribution in [1.29, 1.82) is 0 Å². The first-order chi connectivity index (χ1) is 9.17. The molecule has 0 bridgehead atoms. The number of ether oxygens (including phenoxy) is 1. The van der Waals surface area contributed by atoms with Crippen molar-refractivity contribution in [2.75, 3.05) is 13.7 Å². The largest absolute Gasteiger partial charge is 0.389 e. The smallest absolute Gasteiger partial charge is 0.215 e. The van der Waals surface area contributed by atoms with Crippen LogP contribution in [0.2, 0.25) is 0 Å². The molecule has 0 aliphatic carbocycles. The molecule has 0 radical (unpaired) electrons. The highest BCUT2D eigenvalue weighted by molar-refractivity contribution is 7.88. The third kappa shape index (κ3) is 5.16. The van der Waals surface area contributed by atoms with Crippen molar-refractivity contribution < 1.29 is 13.2 Å². The second kappa shape index (κ2) is 6.62. The summed E-state index contributed by atoms with van der Waals surface area (Å²) in [6, 6.07) is 6.94. The molecule has 0 aromatic heterocycles. The predicted molar refractivity (Wildman–Crippen MR) is 84.0 cm³/mol. The zero-order valence-electron chi connectivity index (χ0n) is 11.8. The Labute approximate surface area is 125 Å². The summed E-state index contributed by atoms with van der Waals surface area (Å²) in [4.78, 5) is 0.188. The van der Waals surface area contributed by atoms with Crippen molar-refractivity contribution in [2.24, 2.45) is 5.73 Å². The Morgan fingerprint density at radius 3 is 2.55 bits per heavy atom. The molecule has 0 atom stereocenters. The van der Waals surface area contributed by atoms with Crippen LogP contribution in [0.15, 0.2) is 24.3 Å². The van der Waals surface area contributed by atoms with E-state index in [1.165, 1.54) is 7.11 Å². The lowest BCUT2D eigenvalue weighted by Crippen LogP contribution is -2.40. The molecule has 0 fully saturated rings. The van der Waals surface area contributed by atoms with Gasteiger partial charge in [-0.25, -0.2) is 13.1 Å². The van der Waals surface area contributed by atoms with Crippen LogP contribution >= 0.6 is 12.2 Å². The monoisotopic (exact) mass is 316 g/mol. The van der Waals surface area contributed by atoms with Crippen LogP contribution in [0, 0.1) is 0 Å². The maximum Gasteiger partial charge on any atom is 0.215 e. The third-order valence-corrected chi connectivity index (χ3v) is 4.39. The molecule has 20 heavy (non-hydrogen) atoms. The van der Waals surface area contributed by atoms with Gasteiger partial charge in [-0.1, -0.05) is 36.5 Å². The number of methoxy groups -OCH3 is 1. The topological polar surface area (TPSA) is 81.4 Å². The van der Waals surface area contributed by atoms with E-state index < -0.39 is 15.6 Å². The van der Waals surface area contributed by atoms with Gasteiger partial charge in [0, 0.05) is 19.2 Å². The third-order valence-electron chi connectivity index (χ3n) is 2.90. The van der Waals surface area contributed by atoms with Gasteiger partial charge < -0.3 is 10.5 Å². The van der Waals surface area contributed by atoms with Crippen molar-refractivity contribution >= 4 is 27.2 Å². The van der Waals surface area contributed by atoms with Gasteiger partial charge >= 0.3 is 0 Å². The minimum Gasteiger partial charge on any atom is -0.389 e. The number of sulfonamides is 1. The van der Waals surface area contributed by atoms with E-state index in [4.69, 9.17) is 22.7 Å². The van der Waals surface area contributed by atoms with Crippen LogP contribution in [-0.4, -0.2) is 32.7 Å². The molecule has 5 nitrogen and oxygen atoms in total. The zero-order valence-corrected chi connectivity index (χ0v) is 13.5. The Kier molecular flexibility index (Phi) is 5.64. The normalized spacial score (nSPS) is 12.3. The van der Waals surface area contributed by atoms with Crippen LogP contribution in [-0.2, 0) is 20.5 Å². The summed E-state index contributed by atoms with van der Waals surface area (Å²) in [5.74, 6) is -0.166. The van der Waals surface area contributed by atoms with E-state index in [0.717, 1.165) is 0 Å². The Morgan fingerprint density at radius 2 is 2.00 bits per heavy atom. The zero-order chi connectivity index (χ0) is 15.4. The number of nitrogens with two attached hydrogens (primary N) is 1. The lowest BCUT2D eigenvalue weighted by molar-refractivity contribution is 0.0276. The van der Waals surface area contributed by atoms with Gasteiger partial charge in [0.05, 0.1) is 11.4 Å². The Bertz CT molecular complexity index is 583. The maximum atomic E-state index is 12.1. The summed E-state index contributed by atoms with van der Waals surface area (Å²) in [7, 11) is -1.94. The average molecular weight is 316 g/mol. The fourth-order valence-corrected chi connectivity index (χ4v) is 3.03. The average Bonchev–Trinajstić information content (AvgIpc) is 2.37. The number of hydrogen-bond donors (Lipinski definition) is 2. The van der Waals surface area contributed by atoms with Crippen molar-refractivity contribution in [3.05, 3.63) is 35.4 Å². The van der Waals surface area contributed by atoms with Gasteiger partial charge in [0.1, 0.15) is 4.99 Å². The molecule has 0 unspecified atom stereocenters. The Hall–Kier alpha value is -1.02. The lowest BCUT2D eigenvalue weighted by Gasteiger charge is -2.23. The van der Waals surface area contributed by atoms with E-state index in [-0.39, 0.29) is 17.3 Å². The molecule has 1 rings (SSSR count). The van der Waals surface area contributed by atoms with Crippen LogP contribution < -0.4 is 10.5 Å². The molecule has 1 aromatic carbocycles. The molecule has 7 heteroatoms. The van der Waals surface area contributed by atoms with Gasteiger partial charge in [-0.2, -0.15) is 0 Å². The van der Waals surface area contributed by atoms with Gasteiger partial charge in [-0.15, -0.1) is 0 Å². The van der Waals surface area contributed by atoms with Gasteiger partial charge in [0.2, 0.25) is 10.0 Å². The molecule has 0 aliphatic rings. The predicted octanol–water partition coefficient (Wildman–Crippen LogP) is 1.17. The summed E-state index contributed by atoms with van der Waals surface area (Å²) < 4.78 is 31.9. The molecule has 0 aliphatic heterocycles. The van der Waals surface area contributed by atoms with Crippen molar-refractivity contribution in [1.82, 2.24) is 4.72 Å². The van der Waals surface area contributed by atoms with Crippen LogP contribution in [0.3, 0.4) is 0 Å². The molecule has 0 amide bonds. The van der Waals surface area contributed by atoms with Crippen molar-refractivity contribution in [3.8, 4) is 0 Å². The molecule has 3 N–H and O–H groups in total. The van der Waals surface area contributed by atoms with E-state index in [0.29, 0.717) is 11.1 Å². The van der Waals surface area contributed by atoms with Gasteiger partial charge in [-0.3, -0.25) is 0 Å². The minimum atomic E-state index is -3.48. The number of benzene rings is 1. The molecule has 1 aromatic rings. The highest BCUT2D eigenvalue weighted by Gasteiger charge is 2.21. The highest BCUT2D eigenvalue weighted by atomic mass is 32.2. The highest BCUT2D eigenvalue weighted by Crippen LogP contribution is 2.13. The number of thiocarbonyl (C=S) groups is 1. The van der Waals surface area contributed by atoms with Gasteiger partial charge in [0.15, 0.2) is 0 Å². The fraction of sp³-hybridized carbons (Fsp3) is 0.462. The summed E-state index contributed by atoms with van der Waals surface area (Å²) >= 11 is 4.92. The summed E-state index contributed by atoms with van der Waals surface area (Å²) in [5.41, 5.74) is 6.20. The second-order valence-corrected chi connectivity index (χ2v) is 7.31. The summed E-state index contributed by atoms with van der Waals surface area (Å²) in [6.45, 7) is 3.80. The quantitative estimate of drug-likeness (QED) is 0.738. The Morgan fingerprint density at radius 1 is 1.40 bits per heavy atom. The SMILES string of the molecule is COC(C)(C)CNS(=O)(=O)Cc1ccccc1C(N)=S. The standard InChI is InChI=1S/C13H20N2O3S2/c1-13(2,18-3)9-15-20(16,17)8-10-6-4-5-7-11(10)12(14)19/h4-7,15H,8-9H2,1-3H3,(H2,14,19). The van der Waals surface area contributed by atoms with E-state index >= 15 is 0 Å². The van der Waals surface area contributed by atoms with Crippen LogP contribution in [0.4, 0.5) is 0 Å². The van der Waals surface area contributed by atoms with E-state index in [1.807, 2.05) is 0 Å². The molecule has 0 saturated heterocycles. The minimum absolute atomic E-state index is 0.166. The van der Waals surface area contributed by atoms with Crippen molar-refractivity contribution in [2.45, 2.75) is 25.2 Å². The molecule has 0 spiro atoms. The Balaban J connectivity index is 2.85. The van der Waals surface area contributed by atoms with Crippen molar-refractivity contribution in [3.63, 3.8) is 0 Å². The maximum absolute atomic E-state index is 12.1. The van der Waals surface area contributed by atoms with E-state index in [9.17, 15) is 8.42 Å². The molecular weight excluding hydrogens is 296 g/mol. The van der Waals surface area contributed by atoms with Crippen LogP contribution in [0.5, 0.6) is 0 Å². The summed E-state index contributed by atoms with van der Waals surface area (Å²) in [6.07, 6.45) is 0. The number of nitrogens with one attached hydrogen (secondary N) is 1.